The van der Waals surface area contributed by atoms with Gasteiger partial charge in [0, 0.05) is 73.1 Å². The summed E-state index contributed by atoms with van der Waals surface area (Å²) in [6.45, 7) is 7.99. The molecule has 0 spiro atoms. The van der Waals surface area contributed by atoms with E-state index in [0.29, 0.717) is 52.1 Å². The van der Waals surface area contributed by atoms with Gasteiger partial charge in [0.25, 0.3) is 0 Å². The summed E-state index contributed by atoms with van der Waals surface area (Å²) in [5.74, 6) is 0.474. The van der Waals surface area contributed by atoms with Gasteiger partial charge in [-0.15, -0.1) is 0 Å². The topological polar surface area (TPSA) is 142 Å². The third kappa shape index (κ3) is 11.5. The first kappa shape index (κ1) is 46.0. The van der Waals surface area contributed by atoms with E-state index in [-0.39, 0.29) is 46.1 Å². The summed E-state index contributed by atoms with van der Waals surface area (Å²) in [6.07, 6.45) is 0. The Kier molecular flexibility index (Phi) is 14.7. The number of carbonyl (C=O) groups is 3. The molecule has 63 heavy (non-hydrogen) atoms. The summed E-state index contributed by atoms with van der Waals surface area (Å²) >= 11 is 0. The van der Waals surface area contributed by atoms with Gasteiger partial charge in [-0.1, -0.05) is 6.07 Å². The summed E-state index contributed by atoms with van der Waals surface area (Å²) in [7, 11) is 10.6. The molecule has 0 bridgehead atoms. The molecule has 0 unspecified atom stereocenters. The molecule has 0 atom stereocenters. The molecule has 0 saturated carbocycles. The van der Waals surface area contributed by atoms with Gasteiger partial charge in [0.05, 0.1) is 44.9 Å². The van der Waals surface area contributed by atoms with Crippen molar-refractivity contribution >= 4 is 45.9 Å². The fraction of sp³-hybridized carbons (Fsp3) is 0.417. The third-order valence-electron chi connectivity index (χ3n) is 10.3. The predicted molar refractivity (Wildman–Crippen MR) is 243 cm³/mol. The molecule has 15 nitrogen and oxygen atoms in total. The van der Waals surface area contributed by atoms with E-state index >= 15 is 0 Å². The largest absolute Gasteiger partial charge is 0.488 e. The van der Waals surface area contributed by atoms with E-state index in [4.69, 9.17) is 37.6 Å². The van der Waals surface area contributed by atoms with Gasteiger partial charge in [-0.05, 0) is 69.7 Å². The Balaban J connectivity index is 1.56. The van der Waals surface area contributed by atoms with Crippen LogP contribution in [0.15, 0.2) is 71.1 Å². The molecule has 0 N–H and O–H groups in total. The van der Waals surface area contributed by atoms with Crippen molar-refractivity contribution in [1.82, 2.24) is 4.58 Å². The molecule has 3 aliphatic rings. The van der Waals surface area contributed by atoms with Gasteiger partial charge in [0.1, 0.15) is 74.6 Å². The second kappa shape index (κ2) is 20.1. The number of ether oxygens (including phenoxy) is 7. The van der Waals surface area contributed by atoms with E-state index in [1.165, 1.54) is 14.2 Å². The minimum absolute atomic E-state index is 0.0203. The number of aryl methyl sites for hydroxylation is 1. The molecule has 3 aromatic carbocycles. The third-order valence-corrected chi connectivity index (χ3v) is 10.3. The van der Waals surface area contributed by atoms with Crippen LogP contribution in [-0.2, 0) is 33.3 Å². The molecule has 2 heterocycles. The van der Waals surface area contributed by atoms with Gasteiger partial charge in [0.15, 0.2) is 6.61 Å². The highest BCUT2D eigenvalue weighted by atomic mass is 16.6. The van der Waals surface area contributed by atoms with Crippen LogP contribution >= 0.6 is 0 Å². The number of rotatable bonds is 9. The fourth-order valence-electron chi connectivity index (χ4n) is 7.21. The van der Waals surface area contributed by atoms with Crippen molar-refractivity contribution in [3.63, 3.8) is 0 Å². The highest BCUT2D eigenvalue weighted by Gasteiger charge is 2.27. The van der Waals surface area contributed by atoms with Crippen molar-refractivity contribution in [3.05, 3.63) is 77.7 Å². The van der Waals surface area contributed by atoms with Crippen molar-refractivity contribution in [1.29, 1.82) is 0 Å². The fourth-order valence-corrected chi connectivity index (χ4v) is 7.21. The van der Waals surface area contributed by atoms with Crippen LogP contribution < -0.4 is 38.8 Å². The summed E-state index contributed by atoms with van der Waals surface area (Å²) in [5, 5.41) is 1.73. The molecule has 0 radical (unpaired) electrons. The zero-order chi connectivity index (χ0) is 45.4. The number of benzene rings is 4. The SMILES string of the molecule is COC(=O)CN1CCOCCN(CC(=O)OC)c2cc(OCC(=O)OC(C)(C)C)c(-c3c4ccc(=[N+](C)C)cc-4oc4cc(N(C)C)ccc34)cc2OCCOc2cc(C)ccc21. The van der Waals surface area contributed by atoms with E-state index in [1.54, 1.807) is 31.7 Å². The van der Waals surface area contributed by atoms with Crippen LogP contribution in [0, 0.1) is 6.92 Å². The molecular weight excluding hydrogens is 809 g/mol. The maximum absolute atomic E-state index is 13.3. The highest BCUT2D eigenvalue weighted by molar-refractivity contribution is 6.04. The molecule has 1 aliphatic carbocycles. The summed E-state index contributed by atoms with van der Waals surface area (Å²) in [6, 6.07) is 21.4. The zero-order valence-corrected chi connectivity index (χ0v) is 38.0. The van der Waals surface area contributed by atoms with E-state index in [2.05, 4.69) is 0 Å². The number of fused-ring (bicyclic) bond motifs is 4. The first-order valence-electron chi connectivity index (χ1n) is 20.8. The van der Waals surface area contributed by atoms with Gasteiger partial charge >= 0.3 is 17.9 Å². The van der Waals surface area contributed by atoms with Crippen molar-refractivity contribution in [2.75, 3.05) is 116 Å². The molecule has 336 valence electrons. The van der Waals surface area contributed by atoms with Crippen molar-refractivity contribution in [3.8, 4) is 39.7 Å². The Bertz CT molecular complexity index is 2490. The molecule has 0 fully saturated rings. The van der Waals surface area contributed by atoms with Crippen LogP contribution in [0.1, 0.15) is 26.3 Å². The Morgan fingerprint density at radius 2 is 1.40 bits per heavy atom. The van der Waals surface area contributed by atoms with Crippen LogP contribution in [0.3, 0.4) is 0 Å². The van der Waals surface area contributed by atoms with Gasteiger partial charge in [-0.2, -0.15) is 0 Å². The second-order valence-corrected chi connectivity index (χ2v) is 16.6. The average molecular weight is 868 g/mol. The summed E-state index contributed by atoms with van der Waals surface area (Å²) in [5.41, 5.74) is 5.15. The zero-order valence-electron chi connectivity index (χ0n) is 38.0. The number of carbonyl (C=O) groups excluding carboxylic acids is 3. The van der Waals surface area contributed by atoms with Crippen molar-refractivity contribution in [2.45, 2.75) is 33.3 Å². The highest BCUT2D eigenvalue weighted by Crippen LogP contribution is 2.48. The Morgan fingerprint density at radius 1 is 0.746 bits per heavy atom. The van der Waals surface area contributed by atoms with E-state index in [1.807, 2.05) is 110 Å². The number of nitrogens with zero attached hydrogens (tertiary/aromatic N) is 4. The summed E-state index contributed by atoms with van der Waals surface area (Å²) < 4.78 is 50.2. The molecule has 15 heteroatoms. The average Bonchev–Trinajstić information content (AvgIpc) is 3.24. The molecular formula is C48H59N4O11+. The van der Waals surface area contributed by atoms with Gasteiger partial charge in [-0.25, -0.2) is 9.37 Å². The van der Waals surface area contributed by atoms with Crippen LogP contribution in [0.4, 0.5) is 17.1 Å². The van der Waals surface area contributed by atoms with Crippen molar-refractivity contribution in [2.24, 2.45) is 0 Å². The van der Waals surface area contributed by atoms with Crippen molar-refractivity contribution < 1.29 is 52.0 Å². The number of hydrogen-bond acceptors (Lipinski definition) is 14. The molecule has 0 aromatic heterocycles. The Morgan fingerprint density at radius 3 is 2.02 bits per heavy atom. The predicted octanol–water partition coefficient (Wildman–Crippen LogP) is 5.78. The molecule has 3 aromatic rings. The lowest BCUT2D eigenvalue weighted by atomic mass is 9.92. The molecule has 0 amide bonds. The van der Waals surface area contributed by atoms with E-state index in [9.17, 15) is 14.4 Å². The number of hydrogen-bond donors (Lipinski definition) is 0. The monoisotopic (exact) mass is 867 g/mol. The lowest BCUT2D eigenvalue weighted by Gasteiger charge is -2.28. The first-order valence-corrected chi connectivity index (χ1v) is 20.8. The maximum Gasteiger partial charge on any atom is 0.344 e. The van der Waals surface area contributed by atoms with E-state index in [0.717, 1.165) is 33.1 Å². The number of methoxy groups -OCH3 is 2. The first-order chi connectivity index (χ1) is 30.0. The van der Waals surface area contributed by atoms with E-state index < -0.39 is 30.1 Å². The molecule has 6 rings (SSSR count). The Labute approximate surface area is 368 Å². The smallest absolute Gasteiger partial charge is 0.344 e. The lowest BCUT2D eigenvalue weighted by molar-refractivity contribution is -0.157. The minimum atomic E-state index is -0.746. The van der Waals surface area contributed by atoms with Gasteiger partial charge < -0.3 is 52.3 Å². The Hall–Kier alpha value is -6.48. The number of anilines is 3. The molecule has 2 aliphatic heterocycles. The van der Waals surface area contributed by atoms with Crippen LogP contribution in [0.5, 0.6) is 17.2 Å². The normalized spacial score (nSPS) is 13.7. The lowest BCUT2D eigenvalue weighted by Crippen LogP contribution is -2.36. The van der Waals surface area contributed by atoms with Crippen LogP contribution in [0.25, 0.3) is 33.4 Å². The standard InChI is InChI=1S/C48H59N4O11/c1-31-11-16-37-42(23-31)59-21-22-60-43-26-36(47-34-14-12-32(49(5)6)24-40(34)62-41-25-33(50(7)8)13-15-35(41)47)39(61-30-46(55)63-48(2,3)4)27-38(43)52(29-45(54)57-10)18-20-58-19-17-51(37)28-44(53)56-9/h11-16,23-27H,17-22,28-30H2,1-10H3/q+1. The van der Waals surface area contributed by atoms with Gasteiger partial charge in [0.2, 0.25) is 5.36 Å². The number of esters is 3. The minimum Gasteiger partial charge on any atom is -0.488 e. The second-order valence-electron chi connectivity index (χ2n) is 16.6. The quantitative estimate of drug-likeness (QED) is 0.0765. The van der Waals surface area contributed by atoms with Crippen LogP contribution in [-0.4, -0.2) is 125 Å². The van der Waals surface area contributed by atoms with Gasteiger partial charge in [-0.3, -0.25) is 9.59 Å². The molecule has 0 saturated heterocycles. The summed E-state index contributed by atoms with van der Waals surface area (Å²) in [4.78, 5) is 44.5. The maximum atomic E-state index is 13.3. The van der Waals surface area contributed by atoms with Crippen LogP contribution in [0.2, 0.25) is 0 Å².